The van der Waals surface area contributed by atoms with Crippen LogP contribution in [0.3, 0.4) is 0 Å². The van der Waals surface area contributed by atoms with E-state index in [9.17, 15) is 10.1 Å². The van der Waals surface area contributed by atoms with E-state index in [1.54, 1.807) is 24.3 Å². The molecule has 9 nitrogen and oxygen atoms in total. The van der Waals surface area contributed by atoms with Crippen LogP contribution in [0.4, 0.5) is 11.4 Å². The van der Waals surface area contributed by atoms with Gasteiger partial charge in [-0.25, -0.2) is 0 Å². The Hall–Kier alpha value is -3.92. The zero-order valence-electron chi connectivity index (χ0n) is 16.9. The first-order chi connectivity index (χ1) is 15.6. The highest BCUT2D eigenvalue weighted by atomic mass is 32.2. The summed E-state index contributed by atoms with van der Waals surface area (Å²) in [5.74, 6) is 2.28. The molecule has 0 bridgehead atoms. The first-order valence-electron chi connectivity index (χ1n) is 9.87. The van der Waals surface area contributed by atoms with Crippen LogP contribution in [0.1, 0.15) is 18.9 Å². The molecule has 4 aromatic rings. The van der Waals surface area contributed by atoms with Crippen molar-refractivity contribution in [2.75, 3.05) is 11.1 Å². The number of thioether (sulfide) groups is 1. The minimum Gasteiger partial charge on any atom is -0.455 e. The van der Waals surface area contributed by atoms with E-state index < -0.39 is 11.2 Å². The number of ether oxygens (including phenoxy) is 1. The normalized spacial score (nSPS) is 14.5. The van der Waals surface area contributed by atoms with Crippen LogP contribution in [-0.2, 0) is 0 Å². The fourth-order valence-corrected chi connectivity index (χ4v) is 3.87. The van der Waals surface area contributed by atoms with E-state index >= 15 is 0 Å². The molecule has 1 atom stereocenters. The van der Waals surface area contributed by atoms with Crippen LogP contribution in [0.15, 0.2) is 70.2 Å². The molecule has 32 heavy (non-hydrogen) atoms. The molecule has 0 aliphatic carbocycles. The number of nitro groups is 1. The van der Waals surface area contributed by atoms with Crippen LogP contribution in [-0.4, -0.2) is 25.9 Å². The van der Waals surface area contributed by atoms with E-state index in [1.807, 2.05) is 31.2 Å². The number of fused-ring (bicyclic) bond motifs is 3. The maximum absolute atomic E-state index is 10.9. The zero-order chi connectivity index (χ0) is 22.1. The van der Waals surface area contributed by atoms with Gasteiger partial charge in [0.2, 0.25) is 17.3 Å². The standard InChI is InChI=1S/C22H17N5O4S/c1-2-32-22-24-21-19(25-26-22)15-5-3-4-6-16(15)23-20(31-21)18-12-11-17(30-18)13-7-9-14(10-8-13)27(28)29/h3-12,20,23H,2H2,1H3. The first kappa shape index (κ1) is 20.0. The molecule has 0 fully saturated rings. The van der Waals surface area contributed by atoms with E-state index in [4.69, 9.17) is 9.15 Å². The molecular weight excluding hydrogens is 430 g/mol. The van der Waals surface area contributed by atoms with Crippen molar-refractivity contribution in [1.29, 1.82) is 0 Å². The largest absolute Gasteiger partial charge is 0.455 e. The van der Waals surface area contributed by atoms with Gasteiger partial charge in [-0.2, -0.15) is 4.98 Å². The van der Waals surface area contributed by atoms with Gasteiger partial charge in [0.15, 0.2) is 11.5 Å². The van der Waals surface area contributed by atoms with Gasteiger partial charge < -0.3 is 14.5 Å². The Morgan fingerprint density at radius 2 is 1.91 bits per heavy atom. The minimum absolute atomic E-state index is 0.0236. The van der Waals surface area contributed by atoms with E-state index in [2.05, 4.69) is 20.5 Å². The lowest BCUT2D eigenvalue weighted by Gasteiger charge is -2.16. The molecule has 0 saturated carbocycles. The Morgan fingerprint density at radius 3 is 2.69 bits per heavy atom. The van der Waals surface area contributed by atoms with Crippen molar-refractivity contribution >= 4 is 23.1 Å². The average molecular weight is 447 g/mol. The number of benzene rings is 2. The predicted octanol–water partition coefficient (Wildman–Crippen LogP) is 5.32. The maximum atomic E-state index is 10.9. The molecule has 0 radical (unpaired) electrons. The Labute approximate surface area is 187 Å². The van der Waals surface area contributed by atoms with Gasteiger partial charge in [0, 0.05) is 28.9 Å². The number of para-hydroxylation sites is 1. The van der Waals surface area contributed by atoms with E-state index in [0.717, 1.165) is 22.6 Å². The SMILES string of the molecule is CCSc1nnc2c(n1)OC(c1ccc(-c3ccc([N+](=O)[O-])cc3)o1)Nc1ccccc1-2. The molecule has 1 aliphatic heterocycles. The molecule has 2 aromatic heterocycles. The summed E-state index contributed by atoms with van der Waals surface area (Å²) in [6.07, 6.45) is -0.652. The number of furan rings is 1. The molecular formula is C22H17N5O4S. The number of hydrogen-bond acceptors (Lipinski definition) is 9. The molecule has 2 aromatic carbocycles. The molecule has 5 rings (SSSR count). The first-order valence-corrected chi connectivity index (χ1v) is 10.9. The number of nitrogens with one attached hydrogen (secondary N) is 1. The van der Waals surface area contributed by atoms with Crippen molar-refractivity contribution < 1.29 is 14.1 Å². The molecule has 1 aliphatic rings. The molecule has 0 saturated heterocycles. The average Bonchev–Trinajstić information content (AvgIpc) is 3.24. The highest BCUT2D eigenvalue weighted by Gasteiger charge is 2.28. The van der Waals surface area contributed by atoms with Crippen molar-refractivity contribution in [3.8, 4) is 28.5 Å². The van der Waals surface area contributed by atoms with Crippen LogP contribution in [0.2, 0.25) is 0 Å². The van der Waals surface area contributed by atoms with Crippen LogP contribution in [0, 0.1) is 10.1 Å². The highest BCUT2D eigenvalue weighted by molar-refractivity contribution is 7.99. The molecule has 3 heterocycles. The summed E-state index contributed by atoms with van der Waals surface area (Å²) in [6, 6.07) is 17.5. The Balaban J connectivity index is 1.51. The van der Waals surface area contributed by atoms with Crippen molar-refractivity contribution in [2.45, 2.75) is 18.3 Å². The lowest BCUT2D eigenvalue weighted by molar-refractivity contribution is -0.384. The van der Waals surface area contributed by atoms with Crippen molar-refractivity contribution in [2.24, 2.45) is 0 Å². The van der Waals surface area contributed by atoms with Gasteiger partial charge >= 0.3 is 0 Å². The van der Waals surface area contributed by atoms with Crippen molar-refractivity contribution in [3.05, 3.63) is 76.5 Å². The second-order valence-corrected chi connectivity index (χ2v) is 8.11. The highest BCUT2D eigenvalue weighted by Crippen LogP contribution is 2.40. The van der Waals surface area contributed by atoms with Gasteiger partial charge in [0.05, 0.1) is 4.92 Å². The van der Waals surface area contributed by atoms with Crippen LogP contribution in [0.25, 0.3) is 22.6 Å². The summed E-state index contributed by atoms with van der Waals surface area (Å²) in [4.78, 5) is 15.0. The zero-order valence-corrected chi connectivity index (χ0v) is 17.7. The number of nitrogens with zero attached hydrogens (tertiary/aromatic N) is 4. The lowest BCUT2D eigenvalue weighted by atomic mass is 10.1. The van der Waals surface area contributed by atoms with Crippen LogP contribution >= 0.6 is 11.8 Å². The Kier molecular flexibility index (Phi) is 5.20. The summed E-state index contributed by atoms with van der Waals surface area (Å²) in [6.45, 7) is 2.02. The van der Waals surface area contributed by atoms with Crippen molar-refractivity contribution in [3.63, 3.8) is 0 Å². The van der Waals surface area contributed by atoms with Gasteiger partial charge in [0.25, 0.3) is 5.69 Å². The molecule has 0 spiro atoms. The topological polar surface area (TPSA) is 116 Å². The summed E-state index contributed by atoms with van der Waals surface area (Å²) in [5, 5.41) is 23.3. The number of anilines is 1. The third-order valence-electron chi connectivity index (χ3n) is 4.85. The fourth-order valence-electron chi connectivity index (χ4n) is 3.36. The third-order valence-corrected chi connectivity index (χ3v) is 5.57. The number of rotatable bonds is 5. The van der Waals surface area contributed by atoms with Gasteiger partial charge in [-0.3, -0.25) is 10.1 Å². The molecule has 0 amide bonds. The van der Waals surface area contributed by atoms with Gasteiger partial charge in [-0.15, -0.1) is 10.2 Å². The van der Waals surface area contributed by atoms with Crippen LogP contribution < -0.4 is 10.1 Å². The van der Waals surface area contributed by atoms with Crippen molar-refractivity contribution in [1.82, 2.24) is 15.2 Å². The predicted molar refractivity (Wildman–Crippen MR) is 119 cm³/mol. The number of hydrogen-bond donors (Lipinski definition) is 1. The number of non-ortho nitro benzene ring substituents is 1. The molecule has 10 heteroatoms. The van der Waals surface area contributed by atoms with E-state index in [0.29, 0.717) is 28.3 Å². The van der Waals surface area contributed by atoms with Gasteiger partial charge in [0.1, 0.15) is 5.76 Å². The maximum Gasteiger partial charge on any atom is 0.269 e. The number of aromatic nitrogens is 3. The Bertz CT molecular complexity index is 1290. The molecule has 1 N–H and O–H groups in total. The van der Waals surface area contributed by atoms with Gasteiger partial charge in [-0.1, -0.05) is 36.9 Å². The molecule has 160 valence electrons. The van der Waals surface area contributed by atoms with E-state index in [1.165, 1.54) is 23.9 Å². The summed E-state index contributed by atoms with van der Waals surface area (Å²) in [7, 11) is 0. The molecule has 1 unspecified atom stereocenters. The minimum atomic E-state index is -0.652. The Morgan fingerprint density at radius 1 is 1.09 bits per heavy atom. The third kappa shape index (κ3) is 3.76. The second-order valence-electron chi connectivity index (χ2n) is 6.87. The van der Waals surface area contributed by atoms with Gasteiger partial charge in [-0.05, 0) is 36.1 Å². The van der Waals surface area contributed by atoms with Crippen LogP contribution in [0.5, 0.6) is 5.88 Å². The van der Waals surface area contributed by atoms with E-state index in [-0.39, 0.29) is 5.69 Å². The second kappa shape index (κ2) is 8.31. The smallest absolute Gasteiger partial charge is 0.269 e. The monoisotopic (exact) mass is 447 g/mol. The lowest BCUT2D eigenvalue weighted by Crippen LogP contribution is -2.16. The number of nitro benzene ring substituents is 1. The quantitative estimate of drug-likeness (QED) is 0.246. The summed E-state index contributed by atoms with van der Waals surface area (Å²) >= 11 is 1.48. The fraction of sp³-hybridized carbons (Fsp3) is 0.136. The summed E-state index contributed by atoms with van der Waals surface area (Å²) in [5.41, 5.74) is 2.95. The summed E-state index contributed by atoms with van der Waals surface area (Å²) < 4.78 is 12.2.